The van der Waals surface area contributed by atoms with Gasteiger partial charge in [0.05, 0.1) is 26.4 Å². The third kappa shape index (κ3) is 3.93. The van der Waals surface area contributed by atoms with Crippen LogP contribution in [0.2, 0.25) is 0 Å². The van der Waals surface area contributed by atoms with Crippen molar-refractivity contribution in [3.8, 4) is 5.75 Å². The van der Waals surface area contributed by atoms with Crippen molar-refractivity contribution >= 4 is 0 Å². The van der Waals surface area contributed by atoms with E-state index in [-0.39, 0.29) is 6.10 Å². The number of aliphatic hydroxyl groups excluding tert-OH is 1. The molecule has 1 aromatic rings. The summed E-state index contributed by atoms with van der Waals surface area (Å²) in [6.07, 6.45) is 0.202. The van der Waals surface area contributed by atoms with Crippen molar-refractivity contribution in [2.75, 3.05) is 26.9 Å². The van der Waals surface area contributed by atoms with Crippen LogP contribution >= 0.6 is 0 Å². The summed E-state index contributed by atoms with van der Waals surface area (Å²) in [5, 5.41) is 10.2. The number of ether oxygens (including phenoxy) is 3. The van der Waals surface area contributed by atoms with Crippen molar-refractivity contribution in [3.05, 3.63) is 29.8 Å². The molecule has 1 fully saturated rings. The summed E-state index contributed by atoms with van der Waals surface area (Å²) < 4.78 is 16.1. The second-order valence-electron chi connectivity index (χ2n) is 4.99. The molecule has 0 aliphatic carbocycles. The monoisotopic (exact) mass is 266 g/mol. The number of methoxy groups -OCH3 is 1. The standard InChI is InChI=1S/C15H22O4/c1-11(19-10-12-7-8-18-9-12)15(16)13-3-5-14(17-2)6-4-13/h3-6,11-12,15-16H,7-10H2,1-2H3. The maximum absolute atomic E-state index is 10.2. The summed E-state index contributed by atoms with van der Waals surface area (Å²) >= 11 is 0. The Hall–Kier alpha value is -1.10. The van der Waals surface area contributed by atoms with E-state index in [1.807, 2.05) is 31.2 Å². The second kappa shape index (κ2) is 6.89. The molecule has 0 aromatic heterocycles. The average molecular weight is 266 g/mol. The normalized spacial score (nSPS) is 22.2. The van der Waals surface area contributed by atoms with Gasteiger partial charge in [-0.3, -0.25) is 0 Å². The van der Waals surface area contributed by atoms with E-state index < -0.39 is 6.10 Å². The van der Waals surface area contributed by atoms with E-state index in [1.54, 1.807) is 7.11 Å². The molecular weight excluding hydrogens is 244 g/mol. The number of benzene rings is 1. The lowest BCUT2D eigenvalue weighted by molar-refractivity contribution is -0.0412. The third-order valence-electron chi connectivity index (χ3n) is 3.52. The Balaban J connectivity index is 1.84. The van der Waals surface area contributed by atoms with Crippen molar-refractivity contribution in [1.82, 2.24) is 0 Å². The van der Waals surface area contributed by atoms with E-state index in [2.05, 4.69) is 0 Å². The molecule has 1 aromatic carbocycles. The molecule has 1 saturated heterocycles. The molecule has 3 atom stereocenters. The highest BCUT2D eigenvalue weighted by Gasteiger charge is 2.21. The summed E-state index contributed by atoms with van der Waals surface area (Å²) in [5.41, 5.74) is 0.843. The minimum Gasteiger partial charge on any atom is -0.497 e. The summed E-state index contributed by atoms with van der Waals surface area (Å²) in [5.74, 6) is 1.25. The molecule has 0 radical (unpaired) electrons. The van der Waals surface area contributed by atoms with Crippen LogP contribution in [-0.2, 0) is 9.47 Å². The molecule has 0 spiro atoms. The van der Waals surface area contributed by atoms with E-state index in [9.17, 15) is 5.11 Å². The van der Waals surface area contributed by atoms with Gasteiger partial charge in [0, 0.05) is 12.5 Å². The van der Waals surface area contributed by atoms with Gasteiger partial charge in [0.15, 0.2) is 0 Å². The van der Waals surface area contributed by atoms with Gasteiger partial charge in [-0.25, -0.2) is 0 Å². The predicted octanol–water partition coefficient (Wildman–Crippen LogP) is 2.17. The molecule has 1 aliphatic heterocycles. The SMILES string of the molecule is COc1ccc(C(O)C(C)OCC2CCOC2)cc1. The number of aliphatic hydroxyl groups is 1. The lowest BCUT2D eigenvalue weighted by Gasteiger charge is -2.21. The van der Waals surface area contributed by atoms with Crippen LogP contribution in [0.5, 0.6) is 5.75 Å². The van der Waals surface area contributed by atoms with Crippen LogP contribution in [0, 0.1) is 5.92 Å². The van der Waals surface area contributed by atoms with Gasteiger partial charge in [0.25, 0.3) is 0 Å². The molecule has 3 unspecified atom stereocenters. The van der Waals surface area contributed by atoms with Crippen molar-refractivity contribution in [3.63, 3.8) is 0 Å². The van der Waals surface area contributed by atoms with Gasteiger partial charge < -0.3 is 19.3 Å². The van der Waals surface area contributed by atoms with Crippen molar-refractivity contribution in [2.45, 2.75) is 25.6 Å². The smallest absolute Gasteiger partial charge is 0.118 e. The van der Waals surface area contributed by atoms with Crippen LogP contribution in [0.4, 0.5) is 0 Å². The predicted molar refractivity (Wildman–Crippen MR) is 72.3 cm³/mol. The molecule has 0 bridgehead atoms. The minimum absolute atomic E-state index is 0.228. The van der Waals surface area contributed by atoms with Crippen molar-refractivity contribution in [2.24, 2.45) is 5.92 Å². The molecule has 1 heterocycles. The number of rotatable bonds is 6. The zero-order valence-corrected chi connectivity index (χ0v) is 11.5. The summed E-state index contributed by atoms with van der Waals surface area (Å²) in [7, 11) is 1.63. The maximum atomic E-state index is 10.2. The third-order valence-corrected chi connectivity index (χ3v) is 3.52. The average Bonchev–Trinajstić information content (AvgIpc) is 2.97. The highest BCUT2D eigenvalue weighted by atomic mass is 16.5. The van der Waals surface area contributed by atoms with Gasteiger partial charge in [-0.2, -0.15) is 0 Å². The quantitative estimate of drug-likeness (QED) is 0.857. The van der Waals surface area contributed by atoms with E-state index in [1.165, 1.54) is 0 Å². The molecular formula is C15H22O4. The van der Waals surface area contributed by atoms with Crippen LogP contribution in [0.3, 0.4) is 0 Å². The molecule has 19 heavy (non-hydrogen) atoms. The van der Waals surface area contributed by atoms with Crippen LogP contribution in [0.15, 0.2) is 24.3 Å². The fourth-order valence-corrected chi connectivity index (χ4v) is 2.17. The molecule has 4 heteroatoms. The van der Waals surface area contributed by atoms with E-state index in [4.69, 9.17) is 14.2 Å². The van der Waals surface area contributed by atoms with Gasteiger partial charge in [-0.05, 0) is 31.0 Å². The Bertz CT molecular complexity index is 370. The lowest BCUT2D eigenvalue weighted by Crippen LogP contribution is -2.22. The van der Waals surface area contributed by atoms with Gasteiger partial charge in [0.1, 0.15) is 11.9 Å². The van der Waals surface area contributed by atoms with E-state index in [0.29, 0.717) is 12.5 Å². The van der Waals surface area contributed by atoms with Gasteiger partial charge in [-0.1, -0.05) is 12.1 Å². The Morgan fingerprint density at radius 2 is 2.11 bits per heavy atom. The fourth-order valence-electron chi connectivity index (χ4n) is 2.17. The summed E-state index contributed by atoms with van der Waals surface area (Å²) in [6.45, 7) is 4.13. The Morgan fingerprint density at radius 1 is 1.37 bits per heavy atom. The van der Waals surface area contributed by atoms with Crippen molar-refractivity contribution < 1.29 is 19.3 Å². The molecule has 1 N–H and O–H groups in total. The molecule has 4 nitrogen and oxygen atoms in total. The molecule has 0 amide bonds. The first kappa shape index (κ1) is 14.3. The molecule has 106 valence electrons. The summed E-state index contributed by atoms with van der Waals surface area (Å²) in [6, 6.07) is 7.41. The van der Waals surface area contributed by atoms with Gasteiger partial charge >= 0.3 is 0 Å². The van der Waals surface area contributed by atoms with Crippen LogP contribution < -0.4 is 4.74 Å². The van der Waals surface area contributed by atoms with Crippen LogP contribution in [0.25, 0.3) is 0 Å². The Kier molecular flexibility index (Phi) is 5.19. The molecule has 1 aliphatic rings. The summed E-state index contributed by atoms with van der Waals surface area (Å²) in [4.78, 5) is 0. The highest BCUT2D eigenvalue weighted by Crippen LogP contribution is 2.23. The van der Waals surface area contributed by atoms with Gasteiger partial charge in [-0.15, -0.1) is 0 Å². The van der Waals surface area contributed by atoms with Crippen LogP contribution in [-0.4, -0.2) is 38.1 Å². The molecule has 0 saturated carbocycles. The van der Waals surface area contributed by atoms with Crippen LogP contribution in [0.1, 0.15) is 25.0 Å². The lowest BCUT2D eigenvalue weighted by atomic mass is 10.0. The number of hydrogen-bond donors (Lipinski definition) is 1. The maximum Gasteiger partial charge on any atom is 0.118 e. The number of hydrogen-bond acceptors (Lipinski definition) is 4. The first-order chi connectivity index (χ1) is 9.20. The first-order valence-corrected chi connectivity index (χ1v) is 6.72. The second-order valence-corrected chi connectivity index (χ2v) is 4.99. The Morgan fingerprint density at radius 3 is 2.68 bits per heavy atom. The topological polar surface area (TPSA) is 47.9 Å². The first-order valence-electron chi connectivity index (χ1n) is 6.72. The fraction of sp³-hybridized carbons (Fsp3) is 0.600. The van der Waals surface area contributed by atoms with E-state index >= 15 is 0 Å². The van der Waals surface area contributed by atoms with Crippen molar-refractivity contribution in [1.29, 1.82) is 0 Å². The van der Waals surface area contributed by atoms with Gasteiger partial charge in [0.2, 0.25) is 0 Å². The minimum atomic E-state index is -0.617. The zero-order chi connectivity index (χ0) is 13.7. The molecule has 2 rings (SSSR count). The highest BCUT2D eigenvalue weighted by molar-refractivity contribution is 5.28. The van der Waals surface area contributed by atoms with E-state index in [0.717, 1.165) is 30.9 Å². The largest absolute Gasteiger partial charge is 0.497 e. The Labute approximate surface area is 114 Å². The zero-order valence-electron chi connectivity index (χ0n) is 11.5.